The normalized spacial score (nSPS) is 17.3. The Balaban J connectivity index is 1.40. The summed E-state index contributed by atoms with van der Waals surface area (Å²) < 4.78 is 5.20. The largest absolute Gasteiger partial charge is 0.460 e. The number of benzene rings is 2. The highest BCUT2D eigenvalue weighted by atomic mass is 16.5. The molecule has 1 aliphatic rings. The molecule has 0 spiro atoms. The summed E-state index contributed by atoms with van der Waals surface area (Å²) in [4.78, 5) is 26.6. The SMILES string of the molecule is O=C(CNC(=O)C1CCCN(Cc2ccccc2)C1)OCc1ccccc1. The lowest BCUT2D eigenvalue weighted by Crippen LogP contribution is -2.44. The van der Waals surface area contributed by atoms with E-state index in [9.17, 15) is 9.59 Å². The summed E-state index contributed by atoms with van der Waals surface area (Å²) in [5.74, 6) is -0.557. The number of nitrogens with one attached hydrogen (secondary N) is 1. The molecule has 1 unspecified atom stereocenters. The van der Waals surface area contributed by atoms with Crippen molar-refractivity contribution in [1.82, 2.24) is 10.2 Å². The van der Waals surface area contributed by atoms with Gasteiger partial charge in [-0.1, -0.05) is 60.7 Å². The molecule has 1 saturated heterocycles. The zero-order valence-corrected chi connectivity index (χ0v) is 15.5. The third kappa shape index (κ3) is 6.22. The van der Waals surface area contributed by atoms with Gasteiger partial charge in [-0.25, -0.2) is 0 Å². The van der Waals surface area contributed by atoms with Gasteiger partial charge in [0.15, 0.2) is 0 Å². The number of nitrogens with zero attached hydrogens (tertiary/aromatic N) is 1. The fraction of sp³-hybridized carbons (Fsp3) is 0.364. The number of carbonyl (C=O) groups is 2. The van der Waals surface area contributed by atoms with E-state index in [1.165, 1.54) is 5.56 Å². The average molecular weight is 366 g/mol. The summed E-state index contributed by atoms with van der Waals surface area (Å²) in [6.07, 6.45) is 1.85. The van der Waals surface area contributed by atoms with E-state index in [1.807, 2.05) is 48.5 Å². The van der Waals surface area contributed by atoms with Gasteiger partial charge < -0.3 is 10.1 Å². The molecule has 1 fully saturated rings. The number of amides is 1. The fourth-order valence-corrected chi connectivity index (χ4v) is 3.35. The molecule has 0 saturated carbocycles. The van der Waals surface area contributed by atoms with Crippen molar-refractivity contribution < 1.29 is 14.3 Å². The van der Waals surface area contributed by atoms with E-state index < -0.39 is 5.97 Å². The minimum absolute atomic E-state index is 0.0653. The molecule has 5 heteroatoms. The number of rotatable bonds is 7. The highest BCUT2D eigenvalue weighted by Gasteiger charge is 2.26. The summed E-state index contributed by atoms with van der Waals surface area (Å²) >= 11 is 0. The van der Waals surface area contributed by atoms with E-state index in [0.717, 1.165) is 38.0 Å². The average Bonchev–Trinajstić information content (AvgIpc) is 2.72. The molecule has 2 aromatic rings. The zero-order chi connectivity index (χ0) is 18.9. The number of esters is 1. The Kier molecular flexibility index (Phi) is 6.99. The van der Waals surface area contributed by atoms with Gasteiger partial charge in [0.1, 0.15) is 13.2 Å². The Morgan fingerprint density at radius 2 is 1.67 bits per heavy atom. The van der Waals surface area contributed by atoms with Crippen molar-refractivity contribution in [1.29, 1.82) is 0 Å². The van der Waals surface area contributed by atoms with E-state index >= 15 is 0 Å². The number of likely N-dealkylation sites (tertiary alicyclic amines) is 1. The number of hydrogen-bond donors (Lipinski definition) is 1. The van der Waals surface area contributed by atoms with E-state index in [4.69, 9.17) is 4.74 Å². The van der Waals surface area contributed by atoms with Crippen LogP contribution in [0.1, 0.15) is 24.0 Å². The Bertz CT molecular complexity index is 734. The molecule has 1 atom stereocenters. The molecule has 0 aliphatic carbocycles. The van der Waals surface area contributed by atoms with E-state index in [1.54, 1.807) is 0 Å². The lowest BCUT2D eigenvalue weighted by atomic mass is 9.96. The summed E-state index contributed by atoms with van der Waals surface area (Å²) in [6, 6.07) is 19.8. The van der Waals surface area contributed by atoms with Gasteiger partial charge in [0.05, 0.1) is 5.92 Å². The molecule has 2 aromatic carbocycles. The van der Waals surface area contributed by atoms with Crippen molar-refractivity contribution in [3.63, 3.8) is 0 Å². The van der Waals surface area contributed by atoms with Gasteiger partial charge >= 0.3 is 5.97 Å². The minimum atomic E-state index is -0.413. The first-order valence-electron chi connectivity index (χ1n) is 9.44. The summed E-state index contributed by atoms with van der Waals surface area (Å²) in [5.41, 5.74) is 2.18. The summed E-state index contributed by atoms with van der Waals surface area (Å²) in [6.45, 7) is 2.71. The van der Waals surface area contributed by atoms with Crippen LogP contribution >= 0.6 is 0 Å². The van der Waals surface area contributed by atoms with Gasteiger partial charge in [0.2, 0.25) is 5.91 Å². The first kappa shape index (κ1) is 19.1. The van der Waals surface area contributed by atoms with Gasteiger partial charge in [-0.2, -0.15) is 0 Å². The molecule has 27 heavy (non-hydrogen) atoms. The highest BCUT2D eigenvalue weighted by molar-refractivity contribution is 5.83. The maximum absolute atomic E-state index is 12.4. The molecule has 1 amide bonds. The number of piperidine rings is 1. The van der Waals surface area contributed by atoms with Gasteiger partial charge in [-0.3, -0.25) is 14.5 Å². The van der Waals surface area contributed by atoms with Gasteiger partial charge in [0, 0.05) is 13.1 Å². The van der Waals surface area contributed by atoms with Crippen molar-refractivity contribution in [3.05, 3.63) is 71.8 Å². The molecule has 0 radical (unpaired) electrons. The Morgan fingerprint density at radius 3 is 2.37 bits per heavy atom. The van der Waals surface area contributed by atoms with Crippen LogP contribution in [0.2, 0.25) is 0 Å². The Morgan fingerprint density at radius 1 is 1.00 bits per heavy atom. The molecule has 1 heterocycles. The summed E-state index contributed by atoms with van der Waals surface area (Å²) in [7, 11) is 0. The molecular weight excluding hydrogens is 340 g/mol. The monoisotopic (exact) mass is 366 g/mol. The van der Waals surface area contributed by atoms with E-state index in [2.05, 4.69) is 22.3 Å². The van der Waals surface area contributed by atoms with Crippen molar-refractivity contribution >= 4 is 11.9 Å². The number of hydrogen-bond acceptors (Lipinski definition) is 4. The predicted octanol–water partition coefficient (Wildman–Crippen LogP) is 2.76. The smallest absolute Gasteiger partial charge is 0.325 e. The van der Waals surface area contributed by atoms with Crippen LogP contribution in [0, 0.1) is 5.92 Å². The second-order valence-electron chi connectivity index (χ2n) is 6.92. The number of ether oxygens (including phenoxy) is 1. The topological polar surface area (TPSA) is 58.6 Å². The Labute approximate surface area is 160 Å². The second-order valence-corrected chi connectivity index (χ2v) is 6.92. The van der Waals surface area contributed by atoms with Crippen LogP contribution in [0.4, 0.5) is 0 Å². The molecule has 142 valence electrons. The molecule has 3 rings (SSSR count). The van der Waals surface area contributed by atoms with Crippen molar-refractivity contribution in [2.45, 2.75) is 26.0 Å². The maximum Gasteiger partial charge on any atom is 0.325 e. The van der Waals surface area contributed by atoms with E-state index in [0.29, 0.717) is 0 Å². The van der Waals surface area contributed by atoms with Crippen LogP contribution in [0.3, 0.4) is 0 Å². The minimum Gasteiger partial charge on any atom is -0.460 e. The fourth-order valence-electron chi connectivity index (χ4n) is 3.35. The van der Waals surface area contributed by atoms with Crippen LogP contribution in [0.25, 0.3) is 0 Å². The third-order valence-electron chi connectivity index (χ3n) is 4.77. The molecule has 1 aliphatic heterocycles. The third-order valence-corrected chi connectivity index (χ3v) is 4.77. The quantitative estimate of drug-likeness (QED) is 0.766. The van der Waals surface area contributed by atoms with Gasteiger partial charge in [0.25, 0.3) is 0 Å². The van der Waals surface area contributed by atoms with E-state index in [-0.39, 0.29) is 25.0 Å². The van der Waals surface area contributed by atoms with Crippen LogP contribution < -0.4 is 5.32 Å². The predicted molar refractivity (Wildman–Crippen MR) is 104 cm³/mol. The standard InChI is InChI=1S/C22H26N2O3/c25-21(27-17-19-10-5-2-6-11-19)14-23-22(26)20-12-7-13-24(16-20)15-18-8-3-1-4-9-18/h1-6,8-11,20H,7,12-17H2,(H,23,26). The highest BCUT2D eigenvalue weighted by Crippen LogP contribution is 2.18. The number of carbonyl (C=O) groups excluding carboxylic acids is 2. The van der Waals surface area contributed by atoms with Crippen molar-refractivity contribution in [3.8, 4) is 0 Å². The van der Waals surface area contributed by atoms with Crippen molar-refractivity contribution in [2.24, 2.45) is 5.92 Å². The Hall–Kier alpha value is -2.66. The molecular formula is C22H26N2O3. The van der Waals surface area contributed by atoms with Gasteiger partial charge in [-0.15, -0.1) is 0 Å². The molecule has 0 bridgehead atoms. The molecule has 5 nitrogen and oxygen atoms in total. The maximum atomic E-state index is 12.4. The molecule has 1 N–H and O–H groups in total. The van der Waals surface area contributed by atoms with Gasteiger partial charge in [-0.05, 0) is 30.5 Å². The lowest BCUT2D eigenvalue weighted by molar-refractivity contribution is -0.145. The van der Waals surface area contributed by atoms with Crippen LogP contribution in [-0.4, -0.2) is 36.4 Å². The zero-order valence-electron chi connectivity index (χ0n) is 15.5. The first-order chi connectivity index (χ1) is 13.2. The van der Waals surface area contributed by atoms with Crippen molar-refractivity contribution in [2.75, 3.05) is 19.6 Å². The molecule has 0 aromatic heterocycles. The first-order valence-corrected chi connectivity index (χ1v) is 9.44. The van der Waals surface area contributed by atoms with Crippen LogP contribution in [0.15, 0.2) is 60.7 Å². The summed E-state index contributed by atoms with van der Waals surface area (Å²) in [5, 5.41) is 2.73. The van der Waals surface area contributed by atoms with Crippen LogP contribution in [0.5, 0.6) is 0 Å². The van der Waals surface area contributed by atoms with Crippen LogP contribution in [-0.2, 0) is 27.5 Å². The second kappa shape index (κ2) is 9.88. The lowest BCUT2D eigenvalue weighted by Gasteiger charge is -2.32.